The van der Waals surface area contributed by atoms with Gasteiger partial charge in [0.05, 0.1) is 17.3 Å². The van der Waals surface area contributed by atoms with Crippen molar-refractivity contribution in [2.24, 2.45) is 5.92 Å². The average molecular weight is 645 g/mol. The largest absolute Gasteiger partial charge is 0.391 e. The maximum absolute atomic E-state index is 13.5. The van der Waals surface area contributed by atoms with Crippen molar-refractivity contribution in [3.8, 4) is 6.07 Å². The summed E-state index contributed by atoms with van der Waals surface area (Å²) in [5.74, 6) is -2.27. The summed E-state index contributed by atoms with van der Waals surface area (Å²) in [5, 5.41) is 28.7. The van der Waals surface area contributed by atoms with Gasteiger partial charge in [0.15, 0.2) is 0 Å². The lowest BCUT2D eigenvalue weighted by atomic mass is 10.0. The Bertz CT molecular complexity index is 1620. The van der Waals surface area contributed by atoms with Crippen LogP contribution in [0.15, 0.2) is 66.4 Å². The van der Waals surface area contributed by atoms with E-state index in [9.17, 15) is 29.5 Å². The maximum Gasteiger partial charge on any atom is 0.268 e. The Morgan fingerprint density at radius 1 is 1.02 bits per heavy atom. The molecule has 4 N–H and O–H groups in total. The van der Waals surface area contributed by atoms with Gasteiger partial charge in [0.25, 0.3) is 11.8 Å². The van der Waals surface area contributed by atoms with Crippen LogP contribution in [-0.4, -0.2) is 59.0 Å². The van der Waals surface area contributed by atoms with Crippen LogP contribution in [0.1, 0.15) is 52.1 Å². The molecule has 2 unspecified atom stereocenters. The molecule has 4 amide bonds. The fourth-order valence-electron chi connectivity index (χ4n) is 4.49. The first kappa shape index (κ1) is 35.6. The molecule has 0 saturated heterocycles. The van der Waals surface area contributed by atoms with Crippen molar-refractivity contribution in [2.75, 3.05) is 11.9 Å². The van der Waals surface area contributed by atoms with E-state index in [1.165, 1.54) is 18.0 Å². The molecule has 3 aromatic rings. The number of likely N-dealkylation sites (N-methyl/N-ethyl adjacent to an activating group) is 1. The van der Waals surface area contributed by atoms with Gasteiger partial charge in [-0.1, -0.05) is 61.9 Å². The topological polar surface area (TPSA) is 165 Å². The van der Waals surface area contributed by atoms with Crippen molar-refractivity contribution in [1.29, 1.82) is 5.26 Å². The highest BCUT2D eigenvalue weighted by molar-refractivity contribution is 7.13. The van der Waals surface area contributed by atoms with Crippen LogP contribution in [0.3, 0.4) is 0 Å². The Morgan fingerprint density at radius 3 is 2.30 bits per heavy atom. The molecule has 3 rings (SSSR count). The molecule has 0 spiro atoms. The number of carbonyl (C=O) groups excluding carboxylic acids is 4. The predicted octanol–water partition coefficient (Wildman–Crippen LogP) is 3.35. The predicted molar refractivity (Wildman–Crippen MR) is 177 cm³/mol. The van der Waals surface area contributed by atoms with Gasteiger partial charge in [-0.3, -0.25) is 19.2 Å². The quantitative estimate of drug-likeness (QED) is 0.164. The monoisotopic (exact) mass is 644 g/mol. The number of nitriles is 1. The number of nitrogens with zero attached hydrogens (tertiary/aromatic N) is 3. The van der Waals surface area contributed by atoms with Crippen LogP contribution in [0.5, 0.6) is 0 Å². The molecule has 0 fully saturated rings. The standard InChI is InChI=1S/C34H40N6O5S/c1-20(2)14-26(17-35)34(45)40(6)27-9-7-8-25(15-27)16-28(31(42)37-18-24-12-10-21(3)11-13-24)38-33(44)30(22(4)41)39-32(43)29-19-36-23(5)46-29/h7-15,19-20,22,28,30,41H,16,18H2,1-6H3,(H,37,42)(H,38,44)(H,39,43)/b26-14+/t22?,28-,30?/m0/s1. The molecule has 0 radical (unpaired) electrons. The van der Waals surface area contributed by atoms with Gasteiger partial charge in [0.2, 0.25) is 11.8 Å². The van der Waals surface area contributed by atoms with Crippen molar-refractivity contribution < 1.29 is 24.3 Å². The first-order valence-electron chi connectivity index (χ1n) is 14.8. The fourth-order valence-corrected chi connectivity index (χ4v) is 5.17. The van der Waals surface area contributed by atoms with E-state index in [-0.39, 0.29) is 29.3 Å². The van der Waals surface area contributed by atoms with E-state index >= 15 is 0 Å². The molecule has 0 aliphatic carbocycles. The van der Waals surface area contributed by atoms with E-state index < -0.39 is 41.8 Å². The van der Waals surface area contributed by atoms with E-state index in [2.05, 4.69) is 20.9 Å². The molecule has 0 aliphatic rings. The number of rotatable bonds is 13. The van der Waals surface area contributed by atoms with Gasteiger partial charge in [0, 0.05) is 25.7 Å². The molecule has 1 heterocycles. The summed E-state index contributed by atoms with van der Waals surface area (Å²) in [5.41, 5.74) is 3.07. The highest BCUT2D eigenvalue weighted by Crippen LogP contribution is 2.19. The Morgan fingerprint density at radius 2 is 1.72 bits per heavy atom. The number of anilines is 1. The average Bonchev–Trinajstić information content (AvgIpc) is 3.47. The number of allylic oxidation sites excluding steroid dienone is 1. The van der Waals surface area contributed by atoms with Crippen LogP contribution < -0.4 is 20.9 Å². The minimum absolute atomic E-state index is 0.00229. The summed E-state index contributed by atoms with van der Waals surface area (Å²) in [6.07, 6.45) is 1.74. The van der Waals surface area contributed by atoms with E-state index in [1.807, 2.05) is 51.1 Å². The van der Waals surface area contributed by atoms with Crippen LogP contribution in [-0.2, 0) is 27.3 Å². The summed E-state index contributed by atoms with van der Waals surface area (Å²) >= 11 is 1.15. The normalized spacial score (nSPS) is 13.2. The Hall–Kier alpha value is -4.86. The van der Waals surface area contributed by atoms with Gasteiger partial charge >= 0.3 is 0 Å². The number of aliphatic hydroxyl groups excluding tert-OH is 1. The van der Waals surface area contributed by atoms with Crippen LogP contribution in [0.2, 0.25) is 0 Å². The Labute approximate surface area is 273 Å². The van der Waals surface area contributed by atoms with Gasteiger partial charge in [-0.25, -0.2) is 4.98 Å². The van der Waals surface area contributed by atoms with Crippen LogP contribution in [0.25, 0.3) is 0 Å². The number of aliphatic hydroxyl groups is 1. The van der Waals surface area contributed by atoms with Crippen molar-refractivity contribution in [3.63, 3.8) is 0 Å². The van der Waals surface area contributed by atoms with E-state index in [1.54, 1.807) is 44.3 Å². The third kappa shape index (κ3) is 10.1. The minimum atomic E-state index is -1.35. The first-order chi connectivity index (χ1) is 21.8. The number of amides is 4. The lowest BCUT2D eigenvalue weighted by molar-refractivity contribution is -0.131. The molecule has 0 bridgehead atoms. The summed E-state index contributed by atoms with van der Waals surface area (Å²) in [4.78, 5) is 58.5. The highest BCUT2D eigenvalue weighted by atomic mass is 32.1. The van der Waals surface area contributed by atoms with Gasteiger partial charge in [-0.05, 0) is 49.9 Å². The number of hydrogen-bond acceptors (Lipinski definition) is 8. The maximum atomic E-state index is 13.5. The zero-order chi connectivity index (χ0) is 34.0. The van der Waals surface area contributed by atoms with E-state index in [4.69, 9.17) is 0 Å². The molecular weight excluding hydrogens is 604 g/mol. The van der Waals surface area contributed by atoms with Gasteiger partial charge < -0.3 is 26.0 Å². The highest BCUT2D eigenvalue weighted by Gasteiger charge is 2.31. The van der Waals surface area contributed by atoms with E-state index in [0.717, 1.165) is 22.5 Å². The van der Waals surface area contributed by atoms with Crippen LogP contribution >= 0.6 is 11.3 Å². The number of hydrogen-bond donors (Lipinski definition) is 4. The third-order valence-corrected chi connectivity index (χ3v) is 7.92. The number of aryl methyl sites for hydroxylation is 2. The summed E-state index contributed by atoms with van der Waals surface area (Å²) in [6.45, 7) is 9.03. The molecule has 1 aromatic heterocycles. The number of benzene rings is 2. The number of aromatic nitrogens is 1. The molecule has 242 valence electrons. The molecule has 12 heteroatoms. The molecule has 0 saturated carbocycles. The summed E-state index contributed by atoms with van der Waals surface area (Å²) < 4.78 is 0. The second-order valence-electron chi connectivity index (χ2n) is 11.4. The van der Waals surface area contributed by atoms with Gasteiger partial charge in [-0.15, -0.1) is 11.3 Å². The first-order valence-corrected chi connectivity index (χ1v) is 15.6. The smallest absolute Gasteiger partial charge is 0.268 e. The van der Waals surface area contributed by atoms with Crippen LogP contribution in [0, 0.1) is 31.1 Å². The number of thiazole rings is 1. The molecular formula is C34H40N6O5S. The van der Waals surface area contributed by atoms with Crippen LogP contribution in [0.4, 0.5) is 5.69 Å². The molecule has 11 nitrogen and oxygen atoms in total. The lowest BCUT2D eigenvalue weighted by Crippen LogP contribution is -2.57. The lowest BCUT2D eigenvalue weighted by Gasteiger charge is -2.25. The molecule has 2 aromatic carbocycles. The van der Waals surface area contributed by atoms with Crippen molar-refractivity contribution >= 4 is 40.7 Å². The number of nitrogens with one attached hydrogen (secondary N) is 3. The minimum Gasteiger partial charge on any atom is -0.391 e. The van der Waals surface area contributed by atoms with Crippen molar-refractivity contribution in [1.82, 2.24) is 20.9 Å². The number of carbonyl (C=O) groups is 4. The summed E-state index contributed by atoms with van der Waals surface area (Å²) in [7, 11) is 1.56. The SMILES string of the molecule is Cc1ccc(CNC(=O)[C@H](Cc2cccc(N(C)C(=O)/C(C#N)=C/C(C)C)c2)NC(=O)C(NC(=O)c2cnc(C)s2)C(C)O)cc1. The van der Waals surface area contributed by atoms with Gasteiger partial charge in [0.1, 0.15) is 28.6 Å². The third-order valence-electron chi connectivity index (χ3n) is 7.01. The zero-order valence-electron chi connectivity index (χ0n) is 26.8. The van der Waals surface area contributed by atoms with Crippen molar-refractivity contribution in [2.45, 2.75) is 65.8 Å². The fraction of sp³-hybridized carbons (Fsp3) is 0.353. The second kappa shape index (κ2) is 16.5. The van der Waals surface area contributed by atoms with E-state index in [0.29, 0.717) is 16.3 Å². The Kier molecular flexibility index (Phi) is 12.7. The molecule has 0 aliphatic heterocycles. The van der Waals surface area contributed by atoms with Crippen molar-refractivity contribution in [3.05, 3.63) is 93.0 Å². The zero-order valence-corrected chi connectivity index (χ0v) is 27.6. The Balaban J connectivity index is 1.85. The molecule has 46 heavy (non-hydrogen) atoms. The summed E-state index contributed by atoms with van der Waals surface area (Å²) in [6, 6.07) is 14.0. The second-order valence-corrected chi connectivity index (χ2v) is 12.6. The van der Waals surface area contributed by atoms with Gasteiger partial charge in [-0.2, -0.15) is 5.26 Å². The molecule has 3 atom stereocenters.